The Morgan fingerprint density at radius 1 is 1.11 bits per heavy atom. The van der Waals surface area contributed by atoms with E-state index in [1.165, 1.54) is 0 Å². The van der Waals surface area contributed by atoms with Crippen molar-refractivity contribution in [2.45, 2.75) is 39.3 Å². The molecule has 0 aromatic heterocycles. The molecule has 0 fully saturated rings. The van der Waals surface area contributed by atoms with Crippen LogP contribution in [0.5, 0.6) is 0 Å². The fraction of sp³-hybridized carbons (Fsp3) is 0.538. The van der Waals surface area contributed by atoms with Crippen LogP contribution in [0.2, 0.25) is 15.1 Å². The Labute approximate surface area is 123 Å². The molecule has 18 heavy (non-hydrogen) atoms. The van der Waals surface area contributed by atoms with Gasteiger partial charge in [0.15, 0.2) is 6.04 Å². The van der Waals surface area contributed by atoms with E-state index in [2.05, 4.69) is 27.7 Å². The van der Waals surface area contributed by atoms with Gasteiger partial charge in [-0.1, -0.05) is 46.4 Å². The summed E-state index contributed by atoms with van der Waals surface area (Å²) < 4.78 is 1.92. The second-order valence-electron chi connectivity index (χ2n) is 5.35. The van der Waals surface area contributed by atoms with E-state index in [-0.39, 0.29) is 11.6 Å². The fourth-order valence-corrected chi connectivity index (χ4v) is 3.26. The summed E-state index contributed by atoms with van der Waals surface area (Å²) in [7, 11) is 0. The van der Waals surface area contributed by atoms with Gasteiger partial charge in [0.05, 0.1) is 5.92 Å². The second-order valence-corrected chi connectivity index (χ2v) is 6.60. The molecule has 1 aromatic carbocycles. The number of benzene rings is 1. The van der Waals surface area contributed by atoms with Crippen molar-refractivity contribution in [3.05, 3.63) is 27.2 Å². The molecule has 0 N–H and O–H groups in total. The van der Waals surface area contributed by atoms with Crippen molar-refractivity contribution < 1.29 is 4.70 Å². The van der Waals surface area contributed by atoms with Crippen molar-refractivity contribution in [3.8, 4) is 0 Å². The first-order valence-corrected chi connectivity index (χ1v) is 7.04. The maximum atomic E-state index is 6.25. The van der Waals surface area contributed by atoms with Gasteiger partial charge in [-0.2, -0.15) is 0 Å². The zero-order valence-corrected chi connectivity index (χ0v) is 13.1. The van der Waals surface area contributed by atoms with Gasteiger partial charge in [0, 0.05) is 11.9 Å². The predicted octanol–water partition coefficient (Wildman–Crippen LogP) is 5.56. The first-order chi connectivity index (χ1) is 8.24. The molecule has 98 valence electrons. The SMILES string of the molecule is C[C@H]1[C@H](C)C(C)(C)N=[N+]1c1c(Cl)cc(Cl)cc1Cl. The minimum atomic E-state index is -0.119. The summed E-state index contributed by atoms with van der Waals surface area (Å²) in [5.41, 5.74) is 0.624. The van der Waals surface area contributed by atoms with Crippen molar-refractivity contribution in [1.82, 2.24) is 0 Å². The molecule has 0 aliphatic carbocycles. The molecule has 0 radical (unpaired) electrons. The molecule has 0 saturated carbocycles. The highest BCUT2D eigenvalue weighted by Crippen LogP contribution is 2.43. The number of halogens is 3. The number of nitrogens with zero attached hydrogens (tertiary/aromatic N) is 2. The zero-order chi connectivity index (χ0) is 13.7. The summed E-state index contributed by atoms with van der Waals surface area (Å²) >= 11 is 18.4. The van der Waals surface area contributed by atoms with Crippen LogP contribution >= 0.6 is 34.8 Å². The van der Waals surface area contributed by atoms with E-state index in [9.17, 15) is 0 Å². The molecular formula is C13H16Cl3N2+. The van der Waals surface area contributed by atoms with Gasteiger partial charge in [-0.3, -0.25) is 0 Å². The van der Waals surface area contributed by atoms with Crippen LogP contribution in [0.1, 0.15) is 27.7 Å². The monoisotopic (exact) mass is 305 g/mol. The minimum absolute atomic E-state index is 0.119. The summed E-state index contributed by atoms with van der Waals surface area (Å²) in [4.78, 5) is 0. The molecule has 1 aromatic rings. The standard InChI is InChI=1S/C13H16Cl3N2/c1-7-8(2)18(17-13(7,3)4)12-10(15)5-9(14)6-11(12)16/h5-8H,1-4H3/q+1/t7-,8-/m0/s1. The summed E-state index contributed by atoms with van der Waals surface area (Å²) in [6.07, 6.45) is 0. The van der Waals surface area contributed by atoms with Crippen molar-refractivity contribution in [2.24, 2.45) is 11.0 Å². The van der Waals surface area contributed by atoms with Gasteiger partial charge in [-0.05, 0) is 31.1 Å². The number of hydrogen-bond acceptors (Lipinski definition) is 1. The lowest BCUT2D eigenvalue weighted by Gasteiger charge is -2.15. The molecular weight excluding hydrogens is 291 g/mol. The molecule has 0 amide bonds. The van der Waals surface area contributed by atoms with Crippen LogP contribution in [0.25, 0.3) is 0 Å². The topological polar surface area (TPSA) is 15.4 Å². The zero-order valence-electron chi connectivity index (χ0n) is 10.8. The van der Waals surface area contributed by atoms with E-state index < -0.39 is 0 Å². The molecule has 1 aliphatic heterocycles. The number of azo groups is 2. The van der Waals surface area contributed by atoms with Crippen LogP contribution in [0.3, 0.4) is 0 Å². The largest absolute Gasteiger partial charge is 0.268 e. The fourth-order valence-electron chi connectivity index (χ4n) is 2.27. The van der Waals surface area contributed by atoms with Gasteiger partial charge >= 0.3 is 0 Å². The number of rotatable bonds is 1. The Kier molecular flexibility index (Phi) is 3.65. The molecule has 0 spiro atoms. The van der Waals surface area contributed by atoms with E-state index in [1.807, 2.05) is 4.70 Å². The lowest BCUT2D eigenvalue weighted by molar-refractivity contribution is -0.538. The first-order valence-electron chi connectivity index (χ1n) is 5.90. The molecule has 0 bridgehead atoms. The van der Waals surface area contributed by atoms with E-state index in [1.54, 1.807) is 12.1 Å². The normalized spacial score (nSPS) is 26.3. The van der Waals surface area contributed by atoms with Crippen LogP contribution in [0, 0.1) is 5.92 Å². The summed E-state index contributed by atoms with van der Waals surface area (Å²) in [6, 6.07) is 3.64. The van der Waals surface area contributed by atoms with E-state index in [4.69, 9.17) is 39.9 Å². The third-order valence-electron chi connectivity index (χ3n) is 3.80. The summed E-state index contributed by atoms with van der Waals surface area (Å²) in [5.74, 6) is 0.417. The van der Waals surface area contributed by atoms with Gasteiger partial charge in [-0.15, -0.1) is 0 Å². The van der Waals surface area contributed by atoms with Crippen LogP contribution in [0.15, 0.2) is 17.2 Å². The van der Waals surface area contributed by atoms with Crippen LogP contribution in [-0.4, -0.2) is 16.3 Å². The molecule has 0 saturated heterocycles. The summed E-state index contributed by atoms with van der Waals surface area (Å²) in [6.45, 7) is 8.55. The smallest absolute Gasteiger partial charge is 0.0842 e. The molecule has 2 nitrogen and oxygen atoms in total. The highest BCUT2D eigenvalue weighted by Gasteiger charge is 2.47. The Bertz CT molecular complexity index is 500. The van der Waals surface area contributed by atoms with Crippen molar-refractivity contribution in [3.63, 3.8) is 0 Å². The molecule has 2 rings (SSSR count). The average Bonchev–Trinajstić information content (AvgIpc) is 2.41. The Hall–Kier alpha value is -0.310. The first kappa shape index (κ1) is 14.1. The summed E-state index contributed by atoms with van der Waals surface area (Å²) in [5, 5.41) is 6.33. The maximum Gasteiger partial charge on any atom is 0.268 e. The molecule has 5 heteroatoms. The van der Waals surface area contributed by atoms with E-state index in [0.717, 1.165) is 5.69 Å². The Morgan fingerprint density at radius 3 is 2.00 bits per heavy atom. The second kappa shape index (κ2) is 4.66. The van der Waals surface area contributed by atoms with Crippen LogP contribution < -0.4 is 0 Å². The van der Waals surface area contributed by atoms with Crippen molar-refractivity contribution in [2.75, 3.05) is 0 Å². The highest BCUT2D eigenvalue weighted by atomic mass is 35.5. The molecule has 1 aliphatic rings. The quantitative estimate of drug-likeness (QED) is 0.604. The predicted molar refractivity (Wildman–Crippen MR) is 76.5 cm³/mol. The van der Waals surface area contributed by atoms with Crippen LogP contribution in [0.4, 0.5) is 5.69 Å². The highest BCUT2D eigenvalue weighted by molar-refractivity contribution is 6.40. The van der Waals surface area contributed by atoms with Crippen molar-refractivity contribution in [1.29, 1.82) is 0 Å². The van der Waals surface area contributed by atoms with E-state index in [0.29, 0.717) is 21.0 Å². The molecule has 1 heterocycles. The van der Waals surface area contributed by atoms with Gasteiger partial charge in [0.2, 0.25) is 0 Å². The Balaban J connectivity index is 2.58. The van der Waals surface area contributed by atoms with Gasteiger partial charge in [0.25, 0.3) is 5.69 Å². The Morgan fingerprint density at radius 2 is 1.61 bits per heavy atom. The minimum Gasteiger partial charge on any atom is -0.0842 e. The lowest BCUT2D eigenvalue weighted by atomic mass is 9.86. The van der Waals surface area contributed by atoms with Gasteiger partial charge < -0.3 is 0 Å². The molecule has 2 atom stereocenters. The van der Waals surface area contributed by atoms with E-state index >= 15 is 0 Å². The maximum absolute atomic E-state index is 6.25. The van der Waals surface area contributed by atoms with Crippen LogP contribution in [-0.2, 0) is 0 Å². The van der Waals surface area contributed by atoms with Gasteiger partial charge in [0.1, 0.15) is 15.6 Å². The average molecular weight is 307 g/mol. The lowest BCUT2D eigenvalue weighted by Crippen LogP contribution is -2.29. The third-order valence-corrected chi connectivity index (χ3v) is 4.59. The van der Waals surface area contributed by atoms with Crippen molar-refractivity contribution >= 4 is 40.5 Å². The molecule has 0 unspecified atom stereocenters. The number of hydrogen-bond donors (Lipinski definition) is 0. The van der Waals surface area contributed by atoms with Gasteiger partial charge in [-0.25, -0.2) is 0 Å². The third kappa shape index (κ3) is 2.26.